The maximum atomic E-state index is 11.8. The normalized spacial score (nSPS) is 10.6. The topological polar surface area (TPSA) is 51.5 Å². The van der Waals surface area contributed by atoms with E-state index in [0.717, 1.165) is 5.69 Å². The molecule has 1 aromatic heterocycles. The van der Waals surface area contributed by atoms with E-state index in [4.69, 9.17) is 4.74 Å². The largest absolute Gasteiger partial charge is 0.451 e. The Labute approximate surface area is 107 Å². The van der Waals surface area contributed by atoms with Crippen LogP contribution in [-0.4, -0.2) is 41.0 Å². The van der Waals surface area contributed by atoms with E-state index >= 15 is 0 Å². The lowest BCUT2D eigenvalue weighted by Gasteiger charge is -2.21. The minimum atomic E-state index is -0.476. The number of nitrogens with zero attached hydrogens (tertiary/aromatic N) is 2. The third-order valence-electron chi connectivity index (χ3n) is 3.08. The van der Waals surface area contributed by atoms with Crippen LogP contribution in [0.5, 0.6) is 0 Å². The van der Waals surface area contributed by atoms with E-state index in [9.17, 15) is 9.59 Å². The number of amides is 1. The monoisotopic (exact) mass is 252 g/mol. The Morgan fingerprint density at radius 3 is 2.44 bits per heavy atom. The van der Waals surface area contributed by atoms with Gasteiger partial charge in [0, 0.05) is 25.8 Å². The van der Waals surface area contributed by atoms with Crippen molar-refractivity contribution in [3.63, 3.8) is 0 Å². The molecule has 0 aliphatic heterocycles. The van der Waals surface area contributed by atoms with Crippen LogP contribution >= 0.6 is 0 Å². The summed E-state index contributed by atoms with van der Waals surface area (Å²) in [7, 11) is 3.47. The third kappa shape index (κ3) is 3.12. The standard InChI is InChI=1S/C13H20N2O3/c1-9(2)14(4)12(16)8-18-13(17)11-7-6-10(3)15(11)5/h6-7,9H,8H2,1-5H3. The SMILES string of the molecule is Cc1ccc(C(=O)OCC(=O)N(C)C(C)C)n1C. The van der Waals surface area contributed by atoms with Crippen LogP contribution in [0, 0.1) is 6.92 Å². The molecule has 0 aromatic carbocycles. The quantitative estimate of drug-likeness (QED) is 0.760. The lowest BCUT2D eigenvalue weighted by Crippen LogP contribution is -2.36. The highest BCUT2D eigenvalue weighted by molar-refractivity contribution is 5.90. The summed E-state index contributed by atoms with van der Waals surface area (Å²) >= 11 is 0. The number of hydrogen-bond acceptors (Lipinski definition) is 3. The Morgan fingerprint density at radius 1 is 1.39 bits per heavy atom. The van der Waals surface area contributed by atoms with Crippen LogP contribution in [0.1, 0.15) is 30.0 Å². The van der Waals surface area contributed by atoms with Crippen molar-refractivity contribution in [2.75, 3.05) is 13.7 Å². The van der Waals surface area contributed by atoms with Crippen molar-refractivity contribution in [1.82, 2.24) is 9.47 Å². The van der Waals surface area contributed by atoms with E-state index in [-0.39, 0.29) is 18.6 Å². The van der Waals surface area contributed by atoms with Crippen LogP contribution in [0.3, 0.4) is 0 Å². The number of carbonyl (C=O) groups is 2. The first-order chi connectivity index (χ1) is 8.34. The molecule has 0 radical (unpaired) electrons. The number of carbonyl (C=O) groups excluding carboxylic acids is 2. The molecule has 0 saturated carbocycles. The van der Waals surface area contributed by atoms with Gasteiger partial charge >= 0.3 is 5.97 Å². The molecule has 100 valence electrons. The minimum Gasteiger partial charge on any atom is -0.451 e. The molecule has 0 fully saturated rings. The molecular weight excluding hydrogens is 232 g/mol. The Kier molecular flexibility index (Phi) is 4.53. The second-order valence-corrected chi connectivity index (χ2v) is 4.59. The Morgan fingerprint density at radius 2 is 2.00 bits per heavy atom. The molecule has 1 amide bonds. The van der Waals surface area contributed by atoms with Gasteiger partial charge in [0.15, 0.2) is 6.61 Å². The molecule has 0 atom stereocenters. The van der Waals surface area contributed by atoms with Crippen molar-refractivity contribution in [2.45, 2.75) is 26.8 Å². The number of hydrogen-bond donors (Lipinski definition) is 0. The van der Waals surface area contributed by atoms with Crippen LogP contribution < -0.4 is 0 Å². The highest BCUT2D eigenvalue weighted by atomic mass is 16.5. The molecule has 1 heterocycles. The number of likely N-dealkylation sites (N-methyl/N-ethyl adjacent to an activating group) is 1. The summed E-state index contributed by atoms with van der Waals surface area (Å²) < 4.78 is 6.74. The Balaban J connectivity index is 2.57. The molecule has 5 heteroatoms. The van der Waals surface area contributed by atoms with Gasteiger partial charge in [-0.1, -0.05) is 0 Å². The molecule has 0 N–H and O–H groups in total. The molecule has 1 rings (SSSR count). The summed E-state index contributed by atoms with van der Waals surface area (Å²) in [6.07, 6.45) is 0. The summed E-state index contributed by atoms with van der Waals surface area (Å²) in [4.78, 5) is 25.0. The maximum Gasteiger partial charge on any atom is 0.355 e. The number of aromatic nitrogens is 1. The zero-order chi connectivity index (χ0) is 13.9. The molecule has 0 unspecified atom stereocenters. The molecule has 18 heavy (non-hydrogen) atoms. The van der Waals surface area contributed by atoms with Gasteiger partial charge in [-0.15, -0.1) is 0 Å². The predicted octanol–water partition coefficient (Wildman–Crippen LogP) is 1.36. The molecule has 5 nitrogen and oxygen atoms in total. The molecule has 0 aliphatic carbocycles. The molecule has 1 aromatic rings. The van der Waals surface area contributed by atoms with Crippen molar-refractivity contribution in [2.24, 2.45) is 7.05 Å². The number of rotatable bonds is 4. The number of aryl methyl sites for hydroxylation is 1. The first kappa shape index (κ1) is 14.3. The fourth-order valence-corrected chi connectivity index (χ4v) is 1.41. The average molecular weight is 252 g/mol. The van der Waals surface area contributed by atoms with Crippen molar-refractivity contribution < 1.29 is 14.3 Å². The Hall–Kier alpha value is -1.78. The maximum absolute atomic E-state index is 11.8. The van der Waals surface area contributed by atoms with E-state index in [1.165, 1.54) is 0 Å². The van der Waals surface area contributed by atoms with Crippen molar-refractivity contribution in [3.05, 3.63) is 23.5 Å². The zero-order valence-corrected chi connectivity index (χ0v) is 11.6. The number of esters is 1. The average Bonchev–Trinajstić information content (AvgIpc) is 2.65. The lowest BCUT2D eigenvalue weighted by atomic mass is 10.3. The van der Waals surface area contributed by atoms with E-state index in [1.54, 1.807) is 29.6 Å². The summed E-state index contributed by atoms with van der Waals surface area (Å²) in [6, 6.07) is 3.61. The minimum absolute atomic E-state index is 0.0912. The first-order valence-electron chi connectivity index (χ1n) is 5.89. The molecular formula is C13H20N2O3. The van der Waals surface area contributed by atoms with Gasteiger partial charge in [0.05, 0.1) is 0 Å². The summed E-state index contributed by atoms with van der Waals surface area (Å²) in [5, 5.41) is 0. The van der Waals surface area contributed by atoms with Crippen LogP contribution in [0.2, 0.25) is 0 Å². The number of ether oxygens (including phenoxy) is 1. The Bertz CT molecular complexity index is 449. The molecule has 0 spiro atoms. The summed E-state index contributed by atoms with van der Waals surface area (Å²) in [6.45, 7) is 5.48. The van der Waals surface area contributed by atoms with Crippen molar-refractivity contribution in [3.8, 4) is 0 Å². The highest BCUT2D eigenvalue weighted by Crippen LogP contribution is 2.07. The molecule has 0 aliphatic rings. The summed E-state index contributed by atoms with van der Waals surface area (Å²) in [5.41, 5.74) is 1.42. The fraction of sp³-hybridized carbons (Fsp3) is 0.538. The fourth-order valence-electron chi connectivity index (χ4n) is 1.41. The van der Waals surface area contributed by atoms with Crippen molar-refractivity contribution in [1.29, 1.82) is 0 Å². The molecule has 0 saturated heterocycles. The predicted molar refractivity (Wildman–Crippen MR) is 68.3 cm³/mol. The van der Waals surface area contributed by atoms with Gasteiger partial charge in [-0.3, -0.25) is 4.79 Å². The van der Waals surface area contributed by atoms with E-state index in [0.29, 0.717) is 5.69 Å². The van der Waals surface area contributed by atoms with E-state index in [1.807, 2.05) is 26.8 Å². The van der Waals surface area contributed by atoms with Gasteiger partial charge in [0.25, 0.3) is 5.91 Å². The highest BCUT2D eigenvalue weighted by Gasteiger charge is 2.17. The van der Waals surface area contributed by atoms with Gasteiger partial charge in [-0.25, -0.2) is 4.79 Å². The van der Waals surface area contributed by atoms with Gasteiger partial charge in [0.1, 0.15) is 5.69 Å². The van der Waals surface area contributed by atoms with Gasteiger partial charge in [-0.05, 0) is 32.9 Å². The second-order valence-electron chi connectivity index (χ2n) is 4.59. The first-order valence-corrected chi connectivity index (χ1v) is 5.89. The van der Waals surface area contributed by atoms with Crippen molar-refractivity contribution >= 4 is 11.9 Å². The van der Waals surface area contributed by atoms with Crippen LogP contribution in [0.25, 0.3) is 0 Å². The lowest BCUT2D eigenvalue weighted by molar-refractivity contribution is -0.134. The van der Waals surface area contributed by atoms with Gasteiger partial charge < -0.3 is 14.2 Å². The zero-order valence-electron chi connectivity index (χ0n) is 11.6. The van der Waals surface area contributed by atoms with Gasteiger partial charge in [-0.2, -0.15) is 0 Å². The smallest absolute Gasteiger partial charge is 0.355 e. The van der Waals surface area contributed by atoms with Gasteiger partial charge in [0.2, 0.25) is 0 Å². The third-order valence-corrected chi connectivity index (χ3v) is 3.08. The van der Waals surface area contributed by atoms with Crippen LogP contribution in [0.4, 0.5) is 0 Å². The second kappa shape index (κ2) is 5.71. The van der Waals surface area contributed by atoms with Crippen LogP contribution in [-0.2, 0) is 16.6 Å². The summed E-state index contributed by atoms with van der Waals surface area (Å²) in [5.74, 6) is -0.680. The molecule has 0 bridgehead atoms. The van der Waals surface area contributed by atoms with E-state index in [2.05, 4.69) is 0 Å². The van der Waals surface area contributed by atoms with E-state index < -0.39 is 5.97 Å². The van der Waals surface area contributed by atoms with Crippen LogP contribution in [0.15, 0.2) is 12.1 Å².